The molecule has 0 aliphatic carbocycles. The largest absolute Gasteiger partial charge is 0.381 e. The first kappa shape index (κ1) is 20.1. The number of rotatable bonds is 9. The topological polar surface area (TPSA) is 75.7 Å². The summed E-state index contributed by atoms with van der Waals surface area (Å²) in [6, 6.07) is 5.86. The van der Waals surface area contributed by atoms with Gasteiger partial charge in [0.1, 0.15) is 6.04 Å². The van der Waals surface area contributed by atoms with E-state index in [-0.39, 0.29) is 11.8 Å². The molecule has 3 amide bonds. The van der Waals surface area contributed by atoms with Crippen LogP contribution in [0.3, 0.4) is 0 Å². The lowest BCUT2D eigenvalue weighted by Gasteiger charge is -2.28. The molecule has 1 aromatic rings. The van der Waals surface area contributed by atoms with E-state index in [2.05, 4.69) is 19.2 Å². The number of benzene rings is 1. The molecule has 1 unspecified atom stereocenters. The minimum absolute atomic E-state index is 0.186. The molecule has 1 heterocycles. The van der Waals surface area contributed by atoms with Gasteiger partial charge in [0.2, 0.25) is 5.91 Å². The summed E-state index contributed by atoms with van der Waals surface area (Å²) < 4.78 is 5.49. The normalized spacial score (nSPS) is 14.9. The minimum atomic E-state index is -0.820. The van der Waals surface area contributed by atoms with Crippen LogP contribution in [-0.2, 0) is 9.53 Å². The van der Waals surface area contributed by atoms with Gasteiger partial charge in [0.15, 0.2) is 0 Å². The van der Waals surface area contributed by atoms with Crippen molar-refractivity contribution in [2.75, 3.05) is 19.8 Å². The first-order valence-corrected chi connectivity index (χ1v) is 9.17. The lowest BCUT2D eigenvalue weighted by Crippen LogP contribution is -2.52. The monoisotopic (exact) mass is 360 g/mol. The van der Waals surface area contributed by atoms with Gasteiger partial charge in [-0.05, 0) is 30.4 Å². The number of amides is 3. The fraction of sp³-hybridized carbons (Fsp3) is 0.550. The Hall–Kier alpha value is -2.21. The van der Waals surface area contributed by atoms with E-state index in [1.807, 2.05) is 13.8 Å². The predicted molar refractivity (Wildman–Crippen MR) is 98.9 cm³/mol. The molecule has 6 heteroatoms. The lowest BCUT2D eigenvalue weighted by atomic mass is 10.0. The first-order valence-electron chi connectivity index (χ1n) is 9.17. The third-order valence-corrected chi connectivity index (χ3v) is 4.22. The highest BCUT2D eigenvalue weighted by Crippen LogP contribution is 2.27. The number of carbonyl (C=O) groups is 3. The predicted octanol–water partition coefficient (Wildman–Crippen LogP) is 2.49. The molecule has 0 saturated heterocycles. The van der Waals surface area contributed by atoms with E-state index in [1.54, 1.807) is 24.3 Å². The summed E-state index contributed by atoms with van der Waals surface area (Å²) in [5.74, 6) is -0.823. The molecule has 0 radical (unpaired) electrons. The number of hydrogen-bond acceptors (Lipinski definition) is 4. The van der Waals surface area contributed by atoms with Crippen molar-refractivity contribution in [3.05, 3.63) is 35.4 Å². The van der Waals surface area contributed by atoms with E-state index >= 15 is 0 Å². The molecule has 2 rings (SSSR count). The molecule has 0 saturated carbocycles. The van der Waals surface area contributed by atoms with Crippen LogP contribution in [0, 0.1) is 11.8 Å². The number of ether oxygens (including phenoxy) is 1. The molecule has 1 atom stereocenters. The molecule has 0 aromatic heterocycles. The van der Waals surface area contributed by atoms with Gasteiger partial charge in [-0.2, -0.15) is 0 Å². The van der Waals surface area contributed by atoms with Crippen molar-refractivity contribution in [1.82, 2.24) is 10.2 Å². The zero-order valence-corrected chi connectivity index (χ0v) is 16.0. The average Bonchev–Trinajstić information content (AvgIpc) is 2.83. The van der Waals surface area contributed by atoms with Crippen LogP contribution in [0.5, 0.6) is 0 Å². The maximum atomic E-state index is 12.7. The Bertz CT molecular complexity index is 635. The van der Waals surface area contributed by atoms with Crippen molar-refractivity contribution in [1.29, 1.82) is 0 Å². The summed E-state index contributed by atoms with van der Waals surface area (Å²) >= 11 is 0. The molecule has 1 aliphatic heterocycles. The van der Waals surface area contributed by atoms with Gasteiger partial charge in [0, 0.05) is 19.8 Å². The van der Waals surface area contributed by atoms with Gasteiger partial charge in [0.05, 0.1) is 11.1 Å². The van der Waals surface area contributed by atoms with Crippen LogP contribution >= 0.6 is 0 Å². The second-order valence-corrected chi connectivity index (χ2v) is 7.33. The van der Waals surface area contributed by atoms with E-state index in [0.717, 1.165) is 4.90 Å². The fourth-order valence-corrected chi connectivity index (χ4v) is 2.99. The van der Waals surface area contributed by atoms with Crippen molar-refractivity contribution in [2.45, 2.75) is 40.2 Å². The Morgan fingerprint density at radius 1 is 1.08 bits per heavy atom. The van der Waals surface area contributed by atoms with Crippen molar-refractivity contribution in [3.63, 3.8) is 0 Å². The molecular formula is C20H28N2O4. The number of imide groups is 1. The molecule has 142 valence electrons. The Balaban J connectivity index is 1.98. The molecule has 26 heavy (non-hydrogen) atoms. The Labute approximate surface area is 154 Å². The zero-order chi connectivity index (χ0) is 19.3. The van der Waals surface area contributed by atoms with E-state index in [1.165, 1.54) is 0 Å². The lowest BCUT2D eigenvalue weighted by molar-refractivity contribution is -0.126. The number of carbonyl (C=O) groups excluding carboxylic acids is 3. The van der Waals surface area contributed by atoms with Crippen LogP contribution in [0.25, 0.3) is 0 Å². The van der Waals surface area contributed by atoms with Crippen molar-refractivity contribution >= 4 is 17.7 Å². The molecule has 0 bridgehead atoms. The highest BCUT2D eigenvalue weighted by atomic mass is 16.5. The van der Waals surface area contributed by atoms with Gasteiger partial charge in [-0.1, -0.05) is 39.8 Å². The summed E-state index contributed by atoms with van der Waals surface area (Å²) in [6.45, 7) is 9.53. The van der Waals surface area contributed by atoms with Crippen LogP contribution in [-0.4, -0.2) is 48.4 Å². The van der Waals surface area contributed by atoms with E-state index in [9.17, 15) is 14.4 Å². The second kappa shape index (κ2) is 8.94. The molecule has 1 aromatic carbocycles. The van der Waals surface area contributed by atoms with Gasteiger partial charge in [0.25, 0.3) is 11.8 Å². The minimum Gasteiger partial charge on any atom is -0.381 e. The average molecular weight is 360 g/mol. The van der Waals surface area contributed by atoms with Gasteiger partial charge in [-0.15, -0.1) is 0 Å². The molecule has 0 spiro atoms. The number of hydrogen-bond donors (Lipinski definition) is 1. The van der Waals surface area contributed by atoms with Gasteiger partial charge in [-0.3, -0.25) is 19.3 Å². The Morgan fingerprint density at radius 2 is 1.65 bits per heavy atom. The van der Waals surface area contributed by atoms with Crippen LogP contribution < -0.4 is 5.32 Å². The quantitative estimate of drug-likeness (QED) is 0.542. The smallest absolute Gasteiger partial charge is 0.262 e. The summed E-state index contributed by atoms with van der Waals surface area (Å²) in [5, 5.41) is 2.83. The summed E-state index contributed by atoms with van der Waals surface area (Å²) in [7, 11) is 0. The summed E-state index contributed by atoms with van der Waals surface area (Å²) in [4.78, 5) is 39.0. The van der Waals surface area contributed by atoms with Gasteiger partial charge in [-0.25, -0.2) is 0 Å². The Kier molecular flexibility index (Phi) is 6.91. The highest BCUT2D eigenvalue weighted by molar-refractivity contribution is 6.22. The molecule has 0 fully saturated rings. The van der Waals surface area contributed by atoms with Crippen LogP contribution in [0.2, 0.25) is 0 Å². The third kappa shape index (κ3) is 4.49. The maximum absolute atomic E-state index is 12.7. The van der Waals surface area contributed by atoms with Gasteiger partial charge >= 0.3 is 0 Å². The van der Waals surface area contributed by atoms with Crippen LogP contribution in [0.1, 0.15) is 54.8 Å². The summed E-state index contributed by atoms with van der Waals surface area (Å²) in [6.07, 6.45) is 0.686. The van der Waals surface area contributed by atoms with Crippen molar-refractivity contribution in [3.8, 4) is 0 Å². The van der Waals surface area contributed by atoms with Crippen LogP contribution in [0.15, 0.2) is 24.3 Å². The van der Waals surface area contributed by atoms with E-state index in [0.29, 0.717) is 43.2 Å². The molecule has 6 nitrogen and oxygen atoms in total. The summed E-state index contributed by atoms with van der Waals surface area (Å²) in [5.41, 5.74) is 0.719. The Morgan fingerprint density at radius 3 is 2.15 bits per heavy atom. The number of nitrogens with one attached hydrogen (secondary N) is 1. The van der Waals surface area contributed by atoms with Gasteiger partial charge < -0.3 is 10.1 Å². The first-order chi connectivity index (χ1) is 12.3. The standard InChI is InChI=1S/C20H28N2O4/c1-13(2)12-26-11-7-10-21-18(23)17(14(3)4)22-19(24)15-8-5-6-9-16(15)20(22)25/h5-6,8-9,13-14,17H,7,10-12H2,1-4H3,(H,21,23). The zero-order valence-electron chi connectivity index (χ0n) is 16.0. The number of nitrogens with zero attached hydrogens (tertiary/aromatic N) is 1. The molecular weight excluding hydrogens is 332 g/mol. The highest BCUT2D eigenvalue weighted by Gasteiger charge is 2.43. The fourth-order valence-electron chi connectivity index (χ4n) is 2.99. The van der Waals surface area contributed by atoms with Crippen LogP contribution in [0.4, 0.5) is 0 Å². The second-order valence-electron chi connectivity index (χ2n) is 7.33. The van der Waals surface area contributed by atoms with E-state index < -0.39 is 17.9 Å². The van der Waals surface area contributed by atoms with Crippen molar-refractivity contribution in [2.24, 2.45) is 11.8 Å². The SMILES string of the molecule is CC(C)COCCCNC(=O)C(C(C)C)N1C(=O)c2ccccc2C1=O. The molecule has 1 N–H and O–H groups in total. The number of fused-ring (bicyclic) bond motifs is 1. The maximum Gasteiger partial charge on any atom is 0.262 e. The third-order valence-electron chi connectivity index (χ3n) is 4.22. The van der Waals surface area contributed by atoms with E-state index in [4.69, 9.17) is 4.74 Å². The molecule has 1 aliphatic rings. The van der Waals surface area contributed by atoms with Crippen molar-refractivity contribution < 1.29 is 19.1 Å².